The van der Waals surface area contributed by atoms with Crippen molar-refractivity contribution < 1.29 is 14.6 Å². The van der Waals surface area contributed by atoms with E-state index in [9.17, 15) is 9.90 Å². The summed E-state index contributed by atoms with van der Waals surface area (Å²) in [5, 5.41) is 13.4. The maximum absolute atomic E-state index is 11.8. The minimum absolute atomic E-state index is 0.145. The first kappa shape index (κ1) is 19.7. The Bertz CT molecular complexity index is 543. The van der Waals surface area contributed by atoms with Crippen LogP contribution in [0.25, 0.3) is 0 Å². The normalized spacial score (nSPS) is 18.0. The summed E-state index contributed by atoms with van der Waals surface area (Å²) in [6.45, 7) is 10.1. The number of hydrogen-bond acceptors (Lipinski definition) is 4. The summed E-state index contributed by atoms with van der Waals surface area (Å²) in [6, 6.07) is 8.33. The van der Waals surface area contributed by atoms with E-state index in [1.807, 2.05) is 32.9 Å². The Morgan fingerprint density at radius 1 is 1.28 bits per heavy atom. The van der Waals surface area contributed by atoms with Crippen molar-refractivity contribution in [3.63, 3.8) is 0 Å². The van der Waals surface area contributed by atoms with Crippen molar-refractivity contribution in [2.24, 2.45) is 0 Å². The fraction of sp³-hybridized carbons (Fsp3) is 0.650. The number of amides is 1. The summed E-state index contributed by atoms with van der Waals surface area (Å²) in [4.78, 5) is 14.1. The maximum atomic E-state index is 11.8. The largest absolute Gasteiger partial charge is 0.444 e. The number of alkyl carbamates (subject to hydrolysis) is 1. The smallest absolute Gasteiger partial charge is 0.407 e. The highest BCUT2D eigenvalue weighted by atomic mass is 16.6. The van der Waals surface area contributed by atoms with Crippen LogP contribution in [0.1, 0.15) is 57.8 Å². The molecule has 0 aliphatic carbocycles. The van der Waals surface area contributed by atoms with Crippen molar-refractivity contribution >= 4 is 6.09 Å². The number of piperidine rings is 1. The van der Waals surface area contributed by atoms with Crippen LogP contribution in [0.2, 0.25) is 0 Å². The monoisotopic (exact) mass is 348 g/mol. The zero-order valence-electron chi connectivity index (χ0n) is 15.9. The molecule has 5 heteroatoms. The van der Waals surface area contributed by atoms with E-state index < -0.39 is 11.7 Å². The zero-order chi connectivity index (χ0) is 18.4. The second-order valence-electron chi connectivity index (χ2n) is 7.83. The molecule has 2 rings (SSSR count). The van der Waals surface area contributed by atoms with Crippen LogP contribution in [0.15, 0.2) is 24.3 Å². The molecule has 1 aromatic carbocycles. The lowest BCUT2D eigenvalue weighted by Gasteiger charge is -2.33. The Morgan fingerprint density at radius 2 is 1.88 bits per heavy atom. The Balaban J connectivity index is 1.75. The van der Waals surface area contributed by atoms with Crippen molar-refractivity contribution in [1.29, 1.82) is 0 Å². The number of rotatable bonds is 5. The first-order valence-electron chi connectivity index (χ1n) is 9.25. The third-order valence-electron chi connectivity index (χ3n) is 4.51. The quantitative estimate of drug-likeness (QED) is 0.857. The number of aliphatic hydroxyl groups excluding tert-OH is 1. The standard InChI is InChI=1S/C20H32N2O3/c1-5-15-6-8-16(9-7-15)18(23)14-22-12-10-17(11-13-22)21-19(24)25-20(2,3)4/h6-9,17-18,23H,5,10-14H2,1-4H3,(H,21,24). The Labute approximate surface area is 151 Å². The molecule has 1 unspecified atom stereocenters. The Morgan fingerprint density at radius 3 is 2.40 bits per heavy atom. The van der Waals surface area contributed by atoms with Gasteiger partial charge in [0.15, 0.2) is 0 Å². The van der Waals surface area contributed by atoms with E-state index in [4.69, 9.17) is 4.74 Å². The van der Waals surface area contributed by atoms with E-state index in [2.05, 4.69) is 29.3 Å². The van der Waals surface area contributed by atoms with Crippen LogP contribution in [0.5, 0.6) is 0 Å². The van der Waals surface area contributed by atoms with E-state index >= 15 is 0 Å². The van der Waals surface area contributed by atoms with E-state index in [1.165, 1.54) is 5.56 Å². The minimum atomic E-state index is -0.471. The molecule has 25 heavy (non-hydrogen) atoms. The van der Waals surface area contributed by atoms with Crippen molar-refractivity contribution in [3.8, 4) is 0 Å². The Hall–Kier alpha value is -1.59. The van der Waals surface area contributed by atoms with Crippen molar-refractivity contribution in [3.05, 3.63) is 35.4 Å². The molecule has 1 saturated heterocycles. The molecule has 0 radical (unpaired) electrons. The first-order valence-corrected chi connectivity index (χ1v) is 9.25. The zero-order valence-corrected chi connectivity index (χ0v) is 15.9. The van der Waals surface area contributed by atoms with Crippen LogP contribution in [0.3, 0.4) is 0 Å². The summed E-state index contributed by atoms with van der Waals surface area (Å²) < 4.78 is 5.30. The number of carbonyl (C=O) groups is 1. The predicted octanol–water partition coefficient (Wildman–Crippen LogP) is 3.27. The number of nitrogens with one attached hydrogen (secondary N) is 1. The van der Waals surface area contributed by atoms with Crippen molar-refractivity contribution in [2.45, 2.75) is 64.7 Å². The van der Waals surface area contributed by atoms with Gasteiger partial charge in [0.05, 0.1) is 6.10 Å². The van der Waals surface area contributed by atoms with Gasteiger partial charge in [-0.15, -0.1) is 0 Å². The molecule has 1 fully saturated rings. The molecule has 0 saturated carbocycles. The van der Waals surface area contributed by atoms with E-state index in [-0.39, 0.29) is 12.1 Å². The van der Waals surface area contributed by atoms with Gasteiger partial charge in [0.25, 0.3) is 0 Å². The van der Waals surface area contributed by atoms with Gasteiger partial charge in [0.2, 0.25) is 0 Å². The summed E-state index contributed by atoms with van der Waals surface area (Å²) in [5.74, 6) is 0. The molecule has 1 amide bonds. The number of ether oxygens (including phenoxy) is 1. The van der Waals surface area contributed by atoms with E-state index in [1.54, 1.807) is 0 Å². The van der Waals surface area contributed by atoms with Gasteiger partial charge in [0.1, 0.15) is 5.60 Å². The molecule has 0 bridgehead atoms. The van der Waals surface area contributed by atoms with Crippen LogP contribution >= 0.6 is 0 Å². The second-order valence-corrected chi connectivity index (χ2v) is 7.83. The molecule has 1 atom stereocenters. The average Bonchev–Trinajstić information content (AvgIpc) is 2.55. The summed E-state index contributed by atoms with van der Waals surface area (Å²) in [5.41, 5.74) is 1.78. The molecular formula is C20H32N2O3. The maximum Gasteiger partial charge on any atom is 0.407 e. The van der Waals surface area contributed by atoms with Crippen LogP contribution in [0.4, 0.5) is 4.79 Å². The average molecular weight is 348 g/mol. The number of aryl methyl sites for hydroxylation is 1. The van der Waals surface area contributed by atoms with E-state index in [0.717, 1.165) is 37.9 Å². The number of likely N-dealkylation sites (tertiary alicyclic amines) is 1. The molecule has 0 spiro atoms. The fourth-order valence-electron chi connectivity index (χ4n) is 3.06. The van der Waals surface area contributed by atoms with Gasteiger partial charge < -0.3 is 20.1 Å². The minimum Gasteiger partial charge on any atom is -0.444 e. The number of aliphatic hydroxyl groups is 1. The summed E-state index contributed by atoms with van der Waals surface area (Å²) in [6.07, 6.45) is 1.94. The third-order valence-corrected chi connectivity index (χ3v) is 4.51. The molecule has 1 aliphatic rings. The van der Waals surface area contributed by atoms with Gasteiger partial charge in [-0.05, 0) is 51.2 Å². The highest BCUT2D eigenvalue weighted by Crippen LogP contribution is 2.19. The second kappa shape index (κ2) is 8.68. The lowest BCUT2D eigenvalue weighted by molar-refractivity contribution is 0.0459. The van der Waals surface area contributed by atoms with Gasteiger partial charge in [-0.1, -0.05) is 31.2 Å². The highest BCUT2D eigenvalue weighted by molar-refractivity contribution is 5.68. The van der Waals surface area contributed by atoms with Crippen molar-refractivity contribution in [2.75, 3.05) is 19.6 Å². The fourth-order valence-corrected chi connectivity index (χ4v) is 3.06. The lowest BCUT2D eigenvalue weighted by atomic mass is 10.0. The van der Waals surface area contributed by atoms with Gasteiger partial charge in [-0.2, -0.15) is 0 Å². The van der Waals surface area contributed by atoms with Crippen LogP contribution in [-0.4, -0.2) is 47.4 Å². The number of carbonyl (C=O) groups excluding carboxylic acids is 1. The van der Waals surface area contributed by atoms with Crippen LogP contribution in [-0.2, 0) is 11.2 Å². The van der Waals surface area contributed by atoms with Gasteiger partial charge in [0, 0.05) is 25.7 Å². The van der Waals surface area contributed by atoms with E-state index in [0.29, 0.717) is 6.54 Å². The van der Waals surface area contributed by atoms with Gasteiger partial charge in [-0.25, -0.2) is 4.79 Å². The topological polar surface area (TPSA) is 61.8 Å². The van der Waals surface area contributed by atoms with Gasteiger partial charge in [-0.3, -0.25) is 0 Å². The molecule has 0 aromatic heterocycles. The number of nitrogens with zero attached hydrogens (tertiary/aromatic N) is 1. The summed E-state index contributed by atoms with van der Waals surface area (Å²) in [7, 11) is 0. The summed E-state index contributed by atoms with van der Waals surface area (Å²) >= 11 is 0. The third kappa shape index (κ3) is 6.67. The molecule has 140 valence electrons. The lowest BCUT2D eigenvalue weighted by Crippen LogP contribution is -2.46. The van der Waals surface area contributed by atoms with Crippen molar-refractivity contribution in [1.82, 2.24) is 10.2 Å². The van der Waals surface area contributed by atoms with Crippen LogP contribution in [0, 0.1) is 0 Å². The highest BCUT2D eigenvalue weighted by Gasteiger charge is 2.24. The SMILES string of the molecule is CCc1ccc(C(O)CN2CCC(NC(=O)OC(C)(C)C)CC2)cc1. The molecule has 1 aliphatic heterocycles. The molecular weight excluding hydrogens is 316 g/mol. The number of benzene rings is 1. The number of β-amino-alcohol motifs (C(OH)–C–C–N with tert-alkyl or cyclic N) is 1. The molecule has 1 heterocycles. The predicted molar refractivity (Wildman–Crippen MR) is 99.6 cm³/mol. The van der Waals surface area contributed by atoms with Crippen LogP contribution < -0.4 is 5.32 Å². The Kier molecular flexibility index (Phi) is 6.85. The molecule has 5 nitrogen and oxygen atoms in total. The number of hydrogen-bond donors (Lipinski definition) is 2. The molecule has 2 N–H and O–H groups in total. The van der Waals surface area contributed by atoms with Gasteiger partial charge >= 0.3 is 6.09 Å². The molecule has 1 aromatic rings. The first-order chi connectivity index (χ1) is 11.8.